The van der Waals surface area contributed by atoms with Gasteiger partial charge in [-0.15, -0.1) is 0 Å². The number of nitrogens with zero attached hydrogens (tertiary/aromatic N) is 6. The molecule has 194 valence electrons. The van der Waals surface area contributed by atoms with Crippen LogP contribution in [0.3, 0.4) is 0 Å². The first-order chi connectivity index (χ1) is 17.7. The van der Waals surface area contributed by atoms with E-state index in [0.29, 0.717) is 13.1 Å². The number of aryl methyl sites for hydroxylation is 1. The molecule has 0 aliphatic carbocycles. The standard InChI is InChI=1S/C25H27F3N8O/c1-33-10-12-35(13-11-33)16-17-5-6-18(14-20(17)25(26,27)28)30-24(37)31-22-15-21(34(2)32-22)19-4-3-8-36-9-7-29-23(19)36/h3-9,14-15H,10-13,16H2,1-2H3,(H2,30,31,32,37). The number of rotatable bonds is 5. The average molecular weight is 513 g/mol. The van der Waals surface area contributed by atoms with Crippen LogP contribution >= 0.6 is 0 Å². The molecule has 37 heavy (non-hydrogen) atoms. The first-order valence-corrected chi connectivity index (χ1v) is 11.8. The summed E-state index contributed by atoms with van der Waals surface area (Å²) in [5, 5.41) is 9.42. The number of carbonyl (C=O) groups is 1. The molecule has 1 aliphatic heterocycles. The Hall–Kier alpha value is -3.90. The third-order valence-electron chi connectivity index (χ3n) is 6.48. The van der Waals surface area contributed by atoms with Crippen LogP contribution in [0.4, 0.5) is 29.5 Å². The van der Waals surface area contributed by atoms with Crippen molar-refractivity contribution in [1.29, 1.82) is 0 Å². The Balaban J connectivity index is 1.30. The quantitative estimate of drug-likeness (QED) is 0.420. The second-order valence-electron chi connectivity index (χ2n) is 9.15. The molecular formula is C25H27F3N8O. The van der Waals surface area contributed by atoms with Crippen LogP contribution < -0.4 is 10.6 Å². The zero-order valence-electron chi connectivity index (χ0n) is 20.5. The van der Waals surface area contributed by atoms with Crippen molar-refractivity contribution < 1.29 is 18.0 Å². The van der Waals surface area contributed by atoms with Gasteiger partial charge in [0.25, 0.3) is 0 Å². The van der Waals surface area contributed by atoms with Gasteiger partial charge in [0.1, 0.15) is 5.65 Å². The summed E-state index contributed by atoms with van der Waals surface area (Å²) in [5.74, 6) is 0.256. The second-order valence-corrected chi connectivity index (χ2v) is 9.15. The largest absolute Gasteiger partial charge is 0.416 e. The van der Waals surface area contributed by atoms with E-state index in [4.69, 9.17) is 0 Å². The van der Waals surface area contributed by atoms with Gasteiger partial charge in [0.05, 0.1) is 11.3 Å². The lowest BCUT2D eigenvalue weighted by molar-refractivity contribution is -0.138. The number of carbonyl (C=O) groups excluding carboxylic acids is 1. The van der Waals surface area contributed by atoms with Crippen LogP contribution in [-0.2, 0) is 19.8 Å². The normalized spacial score (nSPS) is 15.3. The third kappa shape index (κ3) is 5.44. The van der Waals surface area contributed by atoms with E-state index >= 15 is 0 Å². The fraction of sp³-hybridized carbons (Fsp3) is 0.320. The summed E-state index contributed by atoms with van der Waals surface area (Å²) in [4.78, 5) is 21.1. The average Bonchev–Trinajstić information content (AvgIpc) is 3.47. The maximum atomic E-state index is 13.9. The van der Waals surface area contributed by atoms with Gasteiger partial charge in [-0.05, 0) is 36.9 Å². The maximum Gasteiger partial charge on any atom is 0.416 e. The smallest absolute Gasteiger partial charge is 0.308 e. The minimum Gasteiger partial charge on any atom is -0.308 e. The number of benzene rings is 1. The van der Waals surface area contributed by atoms with Crippen molar-refractivity contribution in [3.63, 3.8) is 0 Å². The summed E-state index contributed by atoms with van der Waals surface area (Å²) in [7, 11) is 3.73. The molecule has 0 bridgehead atoms. The van der Waals surface area contributed by atoms with Crippen molar-refractivity contribution in [2.24, 2.45) is 7.05 Å². The molecule has 1 fully saturated rings. The summed E-state index contributed by atoms with van der Waals surface area (Å²) in [6.07, 6.45) is 0.848. The Kier molecular flexibility index (Phi) is 6.61. The second kappa shape index (κ2) is 9.87. The SMILES string of the molecule is CN1CCN(Cc2ccc(NC(=O)Nc3cc(-c4cccn5ccnc45)n(C)n3)cc2C(F)(F)F)CC1. The molecule has 1 aliphatic rings. The van der Waals surface area contributed by atoms with Gasteiger partial charge in [-0.2, -0.15) is 18.3 Å². The van der Waals surface area contributed by atoms with E-state index < -0.39 is 17.8 Å². The number of likely N-dealkylation sites (N-methyl/N-ethyl adjacent to an activating group) is 1. The summed E-state index contributed by atoms with van der Waals surface area (Å²) in [6, 6.07) is 8.67. The van der Waals surface area contributed by atoms with Crippen molar-refractivity contribution in [3.05, 3.63) is 66.1 Å². The number of aromatic nitrogens is 4. The molecule has 5 rings (SSSR count). The number of amides is 2. The number of hydrogen-bond acceptors (Lipinski definition) is 5. The molecule has 3 aromatic heterocycles. The molecule has 0 unspecified atom stereocenters. The number of anilines is 2. The molecule has 2 N–H and O–H groups in total. The highest BCUT2D eigenvalue weighted by Gasteiger charge is 2.34. The molecule has 1 aromatic carbocycles. The van der Waals surface area contributed by atoms with E-state index in [0.717, 1.165) is 36.1 Å². The van der Waals surface area contributed by atoms with Gasteiger partial charge in [-0.1, -0.05) is 6.07 Å². The number of hydrogen-bond donors (Lipinski definition) is 2. The predicted octanol–water partition coefficient (Wildman–Crippen LogP) is 4.15. The molecule has 0 atom stereocenters. The molecule has 9 nitrogen and oxygen atoms in total. The maximum absolute atomic E-state index is 13.9. The van der Waals surface area contributed by atoms with Gasteiger partial charge < -0.3 is 14.6 Å². The van der Waals surface area contributed by atoms with Crippen LogP contribution in [0.2, 0.25) is 0 Å². The fourth-order valence-corrected chi connectivity index (χ4v) is 4.51. The fourth-order valence-electron chi connectivity index (χ4n) is 4.51. The minimum atomic E-state index is -4.54. The van der Waals surface area contributed by atoms with Crippen LogP contribution in [0.5, 0.6) is 0 Å². The highest BCUT2D eigenvalue weighted by atomic mass is 19.4. The highest BCUT2D eigenvalue weighted by Crippen LogP contribution is 2.35. The van der Waals surface area contributed by atoms with Crippen LogP contribution in [0.25, 0.3) is 16.9 Å². The first kappa shape index (κ1) is 24.8. The number of fused-ring (bicyclic) bond motifs is 1. The number of pyridine rings is 1. The Bertz CT molecular complexity index is 1420. The van der Waals surface area contributed by atoms with E-state index in [9.17, 15) is 18.0 Å². The highest BCUT2D eigenvalue weighted by molar-refractivity contribution is 5.99. The molecule has 4 aromatic rings. The lowest BCUT2D eigenvalue weighted by atomic mass is 10.0. The molecule has 1 saturated heterocycles. The van der Waals surface area contributed by atoms with Gasteiger partial charge in [-0.25, -0.2) is 9.78 Å². The molecular weight excluding hydrogens is 485 g/mol. The number of imidazole rings is 1. The van der Waals surface area contributed by atoms with Crippen molar-refractivity contribution in [3.8, 4) is 11.3 Å². The third-order valence-corrected chi connectivity index (χ3v) is 6.48. The monoisotopic (exact) mass is 512 g/mol. The van der Waals surface area contributed by atoms with Crippen LogP contribution in [0.1, 0.15) is 11.1 Å². The summed E-state index contributed by atoms with van der Waals surface area (Å²) in [6.45, 7) is 3.24. The minimum absolute atomic E-state index is 0.0465. The van der Waals surface area contributed by atoms with E-state index in [1.807, 2.05) is 40.9 Å². The predicted molar refractivity (Wildman–Crippen MR) is 134 cm³/mol. The van der Waals surface area contributed by atoms with Gasteiger partial charge in [0.15, 0.2) is 5.82 Å². The van der Waals surface area contributed by atoms with E-state index in [1.54, 1.807) is 24.0 Å². The lowest BCUT2D eigenvalue weighted by Gasteiger charge is -2.33. The zero-order valence-corrected chi connectivity index (χ0v) is 20.5. The van der Waals surface area contributed by atoms with Crippen molar-refractivity contribution in [1.82, 2.24) is 29.0 Å². The molecule has 12 heteroatoms. The number of piperazine rings is 1. The van der Waals surface area contributed by atoms with Gasteiger partial charge in [0, 0.05) is 75.7 Å². The van der Waals surface area contributed by atoms with E-state index in [2.05, 4.69) is 25.6 Å². The van der Waals surface area contributed by atoms with Crippen LogP contribution in [-0.4, -0.2) is 68.2 Å². The number of urea groups is 1. The lowest BCUT2D eigenvalue weighted by Crippen LogP contribution is -2.44. The summed E-state index contributed by atoms with van der Waals surface area (Å²) in [5.41, 5.74) is 1.76. The molecule has 0 spiro atoms. The molecule has 0 saturated carbocycles. The van der Waals surface area contributed by atoms with Gasteiger partial charge >= 0.3 is 12.2 Å². The molecule has 2 amide bonds. The Morgan fingerprint density at radius 2 is 1.81 bits per heavy atom. The first-order valence-electron chi connectivity index (χ1n) is 11.8. The molecule has 0 radical (unpaired) electrons. The number of halogens is 3. The Labute approximate surface area is 211 Å². The van der Waals surface area contributed by atoms with Crippen molar-refractivity contribution >= 4 is 23.2 Å². The van der Waals surface area contributed by atoms with E-state index in [1.165, 1.54) is 12.1 Å². The van der Waals surface area contributed by atoms with E-state index in [-0.39, 0.29) is 23.6 Å². The van der Waals surface area contributed by atoms with Crippen LogP contribution in [0, 0.1) is 0 Å². The van der Waals surface area contributed by atoms with Gasteiger partial charge in [-0.3, -0.25) is 14.9 Å². The zero-order chi connectivity index (χ0) is 26.2. The Morgan fingerprint density at radius 1 is 1.03 bits per heavy atom. The topological polar surface area (TPSA) is 82.7 Å². The summed E-state index contributed by atoms with van der Waals surface area (Å²) >= 11 is 0. The van der Waals surface area contributed by atoms with Gasteiger partial charge in [0.2, 0.25) is 0 Å². The number of nitrogens with one attached hydrogen (secondary N) is 2. The van der Waals surface area contributed by atoms with Crippen molar-refractivity contribution in [2.75, 3.05) is 43.9 Å². The van der Waals surface area contributed by atoms with Crippen molar-refractivity contribution in [2.45, 2.75) is 12.7 Å². The number of alkyl halides is 3. The summed E-state index contributed by atoms with van der Waals surface area (Å²) < 4.78 is 45.0. The van der Waals surface area contributed by atoms with Crippen LogP contribution in [0.15, 0.2) is 55.0 Å². The Morgan fingerprint density at radius 3 is 2.57 bits per heavy atom. The molecule has 4 heterocycles.